The smallest absolute Gasteiger partial charge is 0.372 e. The molecule has 0 atom stereocenters. The van der Waals surface area contributed by atoms with Gasteiger partial charge in [0, 0.05) is 11.6 Å². The fourth-order valence-electron chi connectivity index (χ4n) is 1.31. The van der Waals surface area contributed by atoms with E-state index in [1.165, 1.54) is 0 Å². The number of nitrogens with one attached hydrogen (secondary N) is 1. The number of alkyl halides is 4. The van der Waals surface area contributed by atoms with Crippen molar-refractivity contribution in [1.29, 1.82) is 0 Å². The number of halogens is 4. The van der Waals surface area contributed by atoms with Crippen LogP contribution in [0.3, 0.4) is 0 Å². The molecule has 0 radical (unpaired) electrons. The Bertz CT molecular complexity index is 424. The van der Waals surface area contributed by atoms with Gasteiger partial charge in [0.2, 0.25) is 5.91 Å². The minimum Gasteiger partial charge on any atom is -0.372 e. The monoisotopic (exact) mass is 295 g/mol. The third-order valence-corrected chi connectivity index (χ3v) is 2.41. The van der Waals surface area contributed by atoms with E-state index in [0.717, 1.165) is 5.56 Å². The van der Waals surface area contributed by atoms with E-state index in [2.05, 4.69) is 10.1 Å². The Hall–Kier alpha value is -1.27. The first-order valence-corrected chi connectivity index (χ1v) is 6.03. The second-order valence-electron chi connectivity index (χ2n) is 3.80. The first-order chi connectivity index (χ1) is 8.90. The first-order valence-electron chi connectivity index (χ1n) is 5.50. The molecule has 0 aromatic heterocycles. The lowest BCUT2D eigenvalue weighted by atomic mass is 10.2. The maximum absolute atomic E-state index is 11.8. The normalized spacial score (nSPS) is 11.4. The number of carbonyl (C=O) groups excluding carboxylic acids is 1. The van der Waals surface area contributed by atoms with E-state index >= 15 is 0 Å². The summed E-state index contributed by atoms with van der Waals surface area (Å²) in [6, 6.07) is 6.90. The predicted octanol–water partition coefficient (Wildman–Crippen LogP) is 3.33. The lowest BCUT2D eigenvalue weighted by Gasteiger charge is -2.08. The fourth-order valence-corrected chi connectivity index (χ4v) is 1.47. The molecule has 1 N–H and O–H groups in total. The van der Waals surface area contributed by atoms with Gasteiger partial charge in [0.25, 0.3) is 0 Å². The highest BCUT2D eigenvalue weighted by atomic mass is 35.5. The number of anilines is 1. The van der Waals surface area contributed by atoms with Gasteiger partial charge in [-0.05, 0) is 17.7 Å². The summed E-state index contributed by atoms with van der Waals surface area (Å²) in [6.45, 7) is -1.62. The molecule has 7 heteroatoms. The number of hydrogen-bond donors (Lipinski definition) is 1. The molecule has 1 aromatic rings. The zero-order chi connectivity index (χ0) is 14.3. The van der Waals surface area contributed by atoms with Crippen LogP contribution in [0.15, 0.2) is 24.3 Å². The SMILES string of the molecule is O=C(CCOCC(F)(F)F)Nc1cccc(CCl)c1. The molecule has 3 nitrogen and oxygen atoms in total. The molecule has 106 valence electrons. The number of benzene rings is 1. The van der Waals surface area contributed by atoms with Crippen LogP contribution in [-0.4, -0.2) is 25.3 Å². The average Bonchev–Trinajstić information content (AvgIpc) is 2.34. The van der Waals surface area contributed by atoms with Crippen LogP contribution in [0, 0.1) is 0 Å². The van der Waals surface area contributed by atoms with Gasteiger partial charge in [-0.15, -0.1) is 11.6 Å². The van der Waals surface area contributed by atoms with Gasteiger partial charge in [0.15, 0.2) is 0 Å². The zero-order valence-electron chi connectivity index (χ0n) is 9.97. The number of carbonyl (C=O) groups is 1. The van der Waals surface area contributed by atoms with Crippen LogP contribution in [0.25, 0.3) is 0 Å². The van der Waals surface area contributed by atoms with Crippen LogP contribution in [-0.2, 0) is 15.4 Å². The van der Waals surface area contributed by atoms with Crippen LogP contribution < -0.4 is 5.32 Å². The predicted molar refractivity (Wildman–Crippen MR) is 66.1 cm³/mol. The highest BCUT2D eigenvalue weighted by Gasteiger charge is 2.27. The molecule has 0 heterocycles. The van der Waals surface area contributed by atoms with Crippen molar-refractivity contribution < 1.29 is 22.7 Å². The Kier molecular flexibility index (Phi) is 6.11. The molecule has 0 saturated heterocycles. The van der Waals surface area contributed by atoms with Gasteiger partial charge < -0.3 is 10.1 Å². The van der Waals surface area contributed by atoms with Gasteiger partial charge in [-0.2, -0.15) is 13.2 Å². The summed E-state index contributed by atoms with van der Waals surface area (Å²) in [6.07, 6.45) is -4.51. The molecule has 0 aliphatic heterocycles. The minimum absolute atomic E-state index is 0.138. The maximum atomic E-state index is 11.8. The third-order valence-electron chi connectivity index (χ3n) is 2.10. The Morgan fingerprint density at radius 1 is 1.37 bits per heavy atom. The van der Waals surface area contributed by atoms with E-state index in [1.807, 2.05) is 0 Å². The summed E-state index contributed by atoms with van der Waals surface area (Å²) in [5, 5.41) is 2.56. The van der Waals surface area contributed by atoms with Gasteiger partial charge in [0.1, 0.15) is 6.61 Å². The summed E-state index contributed by atoms with van der Waals surface area (Å²) in [5.41, 5.74) is 1.40. The van der Waals surface area contributed by atoms with Crippen LogP contribution in [0.4, 0.5) is 18.9 Å². The van der Waals surface area contributed by atoms with E-state index in [0.29, 0.717) is 11.6 Å². The van der Waals surface area contributed by atoms with Gasteiger partial charge >= 0.3 is 6.18 Å². The minimum atomic E-state index is -4.37. The molecule has 0 bridgehead atoms. The maximum Gasteiger partial charge on any atom is 0.411 e. The van der Waals surface area contributed by atoms with Crippen LogP contribution in [0.2, 0.25) is 0 Å². The molecule has 1 amide bonds. The standard InChI is InChI=1S/C12H13ClF3NO2/c13-7-9-2-1-3-10(6-9)17-11(18)4-5-19-8-12(14,15)16/h1-3,6H,4-5,7-8H2,(H,17,18). The summed E-state index contributed by atoms with van der Waals surface area (Å²) in [4.78, 5) is 11.4. The van der Waals surface area contributed by atoms with Gasteiger partial charge in [-0.25, -0.2) is 0 Å². The van der Waals surface area contributed by atoms with Crippen molar-refractivity contribution in [1.82, 2.24) is 0 Å². The lowest BCUT2D eigenvalue weighted by molar-refractivity contribution is -0.174. The molecule has 0 aliphatic rings. The Balaban J connectivity index is 2.31. The second kappa shape index (κ2) is 7.35. The molecule has 0 fully saturated rings. The Morgan fingerprint density at radius 2 is 2.11 bits per heavy atom. The molecular formula is C12H13ClF3NO2. The molecule has 0 aliphatic carbocycles. The first kappa shape index (κ1) is 15.8. The Labute approximate surface area is 113 Å². The van der Waals surface area contributed by atoms with E-state index in [9.17, 15) is 18.0 Å². The summed E-state index contributed by atoms with van der Waals surface area (Å²) in [7, 11) is 0. The summed E-state index contributed by atoms with van der Waals surface area (Å²) >= 11 is 5.64. The number of rotatable bonds is 6. The van der Waals surface area contributed by atoms with Crippen molar-refractivity contribution in [3.8, 4) is 0 Å². The molecule has 19 heavy (non-hydrogen) atoms. The quantitative estimate of drug-likeness (QED) is 0.646. The van der Waals surface area contributed by atoms with Gasteiger partial charge in [0.05, 0.1) is 13.0 Å². The highest BCUT2D eigenvalue weighted by molar-refractivity contribution is 6.17. The van der Waals surface area contributed by atoms with Crippen LogP contribution >= 0.6 is 11.6 Å². The molecule has 0 unspecified atom stereocenters. The van der Waals surface area contributed by atoms with Crippen LogP contribution in [0.5, 0.6) is 0 Å². The molecular weight excluding hydrogens is 283 g/mol. The van der Waals surface area contributed by atoms with E-state index in [-0.39, 0.29) is 13.0 Å². The largest absolute Gasteiger partial charge is 0.411 e. The number of ether oxygens (including phenoxy) is 1. The number of amides is 1. The number of hydrogen-bond acceptors (Lipinski definition) is 2. The van der Waals surface area contributed by atoms with Crippen molar-refractivity contribution in [2.45, 2.75) is 18.5 Å². The van der Waals surface area contributed by atoms with Crippen LogP contribution in [0.1, 0.15) is 12.0 Å². The van der Waals surface area contributed by atoms with Crippen molar-refractivity contribution >= 4 is 23.2 Å². The third kappa shape index (κ3) is 7.03. The van der Waals surface area contributed by atoms with Crippen molar-refractivity contribution in [3.05, 3.63) is 29.8 Å². The van der Waals surface area contributed by atoms with E-state index in [4.69, 9.17) is 11.6 Å². The van der Waals surface area contributed by atoms with Crippen molar-refractivity contribution in [2.75, 3.05) is 18.5 Å². The second-order valence-corrected chi connectivity index (χ2v) is 4.07. The average molecular weight is 296 g/mol. The van der Waals surface area contributed by atoms with Gasteiger partial charge in [-0.1, -0.05) is 12.1 Å². The molecule has 1 aromatic carbocycles. The highest BCUT2D eigenvalue weighted by Crippen LogP contribution is 2.15. The van der Waals surface area contributed by atoms with Gasteiger partial charge in [-0.3, -0.25) is 4.79 Å². The van der Waals surface area contributed by atoms with Crippen molar-refractivity contribution in [2.24, 2.45) is 0 Å². The Morgan fingerprint density at radius 3 is 2.74 bits per heavy atom. The van der Waals surface area contributed by atoms with E-state index < -0.39 is 18.7 Å². The van der Waals surface area contributed by atoms with Crippen molar-refractivity contribution in [3.63, 3.8) is 0 Å². The lowest BCUT2D eigenvalue weighted by Crippen LogP contribution is -2.20. The fraction of sp³-hybridized carbons (Fsp3) is 0.417. The molecule has 0 saturated carbocycles. The molecule has 0 spiro atoms. The summed E-state index contributed by atoms with van der Waals surface area (Å²) in [5.74, 6) is -0.0906. The topological polar surface area (TPSA) is 38.3 Å². The zero-order valence-corrected chi connectivity index (χ0v) is 10.7. The molecule has 1 rings (SSSR count). The summed E-state index contributed by atoms with van der Waals surface area (Å²) < 4.78 is 39.7. The van der Waals surface area contributed by atoms with E-state index in [1.54, 1.807) is 24.3 Å².